The maximum Gasteiger partial charge on any atom is 0.339 e. The van der Waals surface area contributed by atoms with Crippen molar-refractivity contribution in [2.45, 2.75) is 25.5 Å². The van der Waals surface area contributed by atoms with Gasteiger partial charge in [0.15, 0.2) is 16.2 Å². The van der Waals surface area contributed by atoms with Crippen LogP contribution in [-0.4, -0.2) is 32.2 Å². The van der Waals surface area contributed by atoms with Crippen LogP contribution in [0.15, 0.2) is 24.3 Å². The number of hydrogen-bond donors (Lipinski definition) is 2. The molecule has 3 rings (SSSR count). The summed E-state index contributed by atoms with van der Waals surface area (Å²) in [4.78, 5) is 24.6. The molecular formula is C15H16N4O3S. The molecule has 0 spiro atoms. The molecule has 1 amide bonds. The van der Waals surface area contributed by atoms with Crippen LogP contribution in [0.3, 0.4) is 0 Å². The second kappa shape index (κ2) is 5.62. The number of aromatic amines is 1. The van der Waals surface area contributed by atoms with Gasteiger partial charge in [-0.25, -0.2) is 4.79 Å². The van der Waals surface area contributed by atoms with E-state index in [1.165, 1.54) is 0 Å². The molecule has 1 atom stereocenters. The van der Waals surface area contributed by atoms with E-state index in [4.69, 9.17) is 17.0 Å². The Labute approximate surface area is 137 Å². The Morgan fingerprint density at radius 2 is 2.26 bits per heavy atom. The number of nitrogens with one attached hydrogen (secondary N) is 2. The first-order chi connectivity index (χ1) is 10.9. The minimum atomic E-state index is -1.24. The molecule has 0 saturated carbocycles. The highest BCUT2D eigenvalue weighted by Gasteiger charge is 2.42. The zero-order chi connectivity index (χ0) is 16.6. The van der Waals surface area contributed by atoms with Crippen LogP contribution in [0.2, 0.25) is 0 Å². The topological polar surface area (TPSA) is 89.0 Å². The molecule has 1 aromatic heterocycles. The molecule has 1 aliphatic rings. The first kappa shape index (κ1) is 15.4. The second-order valence-electron chi connectivity index (χ2n) is 5.64. The lowest BCUT2D eigenvalue weighted by Gasteiger charge is -2.32. The van der Waals surface area contributed by atoms with Gasteiger partial charge in [-0.15, -0.1) is 0 Å². The number of rotatable bonds is 3. The fourth-order valence-corrected chi connectivity index (χ4v) is 2.69. The minimum absolute atomic E-state index is 0.192. The summed E-state index contributed by atoms with van der Waals surface area (Å²) in [6.07, 6.45) is 0.333. The smallest absolute Gasteiger partial charge is 0.339 e. The lowest BCUT2D eigenvalue weighted by atomic mass is 9.89. The Morgan fingerprint density at radius 3 is 2.96 bits per heavy atom. The van der Waals surface area contributed by atoms with Gasteiger partial charge in [0, 0.05) is 13.5 Å². The number of H-pyrrole nitrogens is 1. The van der Waals surface area contributed by atoms with Gasteiger partial charge in [0.2, 0.25) is 0 Å². The van der Waals surface area contributed by atoms with Crippen molar-refractivity contribution in [3.8, 4) is 0 Å². The van der Waals surface area contributed by atoms with Crippen LogP contribution in [0.25, 0.3) is 0 Å². The lowest BCUT2D eigenvalue weighted by molar-refractivity contribution is -0.140. The highest BCUT2D eigenvalue weighted by molar-refractivity contribution is 7.71. The van der Waals surface area contributed by atoms with E-state index in [0.717, 1.165) is 5.56 Å². The zero-order valence-corrected chi connectivity index (χ0v) is 13.6. The molecule has 0 bridgehead atoms. The number of fused-ring (bicyclic) bond motifs is 1. The monoisotopic (exact) mass is 332 g/mol. The van der Waals surface area contributed by atoms with Crippen molar-refractivity contribution in [2.75, 3.05) is 0 Å². The molecule has 0 unspecified atom stereocenters. The maximum atomic E-state index is 12.5. The second-order valence-corrected chi connectivity index (χ2v) is 6.03. The predicted octanol–water partition coefficient (Wildman–Crippen LogP) is 1.27. The summed E-state index contributed by atoms with van der Waals surface area (Å²) in [6, 6.07) is 7.14. The van der Waals surface area contributed by atoms with Crippen molar-refractivity contribution in [2.24, 2.45) is 7.05 Å². The molecule has 8 heteroatoms. The molecule has 120 valence electrons. The van der Waals surface area contributed by atoms with Gasteiger partial charge in [0.05, 0.1) is 12.1 Å². The molecule has 0 saturated heterocycles. The predicted molar refractivity (Wildman–Crippen MR) is 84.2 cm³/mol. The summed E-state index contributed by atoms with van der Waals surface area (Å²) in [7, 11) is 1.76. The quantitative estimate of drug-likeness (QED) is 0.653. The summed E-state index contributed by atoms with van der Waals surface area (Å²) in [5.41, 5.74) is 0.0729. The molecule has 2 heterocycles. The third-order valence-corrected chi connectivity index (χ3v) is 4.31. The van der Waals surface area contributed by atoms with E-state index >= 15 is 0 Å². The number of carbonyl (C=O) groups is 2. The normalized spacial score (nSPS) is 19.8. The number of benzene rings is 1. The van der Waals surface area contributed by atoms with E-state index in [1.54, 1.807) is 30.7 Å². The molecule has 2 N–H and O–H groups in total. The zero-order valence-electron chi connectivity index (χ0n) is 12.8. The third kappa shape index (κ3) is 2.77. The first-order valence-corrected chi connectivity index (χ1v) is 7.51. The number of aromatic nitrogens is 3. The lowest BCUT2D eigenvalue weighted by Crippen LogP contribution is -2.51. The van der Waals surface area contributed by atoms with E-state index in [-0.39, 0.29) is 12.5 Å². The van der Waals surface area contributed by atoms with E-state index in [1.807, 2.05) is 12.1 Å². The van der Waals surface area contributed by atoms with Crippen LogP contribution in [-0.2, 0) is 29.5 Å². The van der Waals surface area contributed by atoms with Crippen LogP contribution < -0.4 is 5.32 Å². The van der Waals surface area contributed by atoms with Crippen molar-refractivity contribution in [3.05, 3.63) is 46.0 Å². The molecular weight excluding hydrogens is 316 g/mol. The summed E-state index contributed by atoms with van der Waals surface area (Å²) in [5, 5.41) is 9.43. The Balaban J connectivity index is 1.76. The maximum absolute atomic E-state index is 12.5. The van der Waals surface area contributed by atoms with Crippen LogP contribution in [0, 0.1) is 4.77 Å². The van der Waals surface area contributed by atoms with Crippen molar-refractivity contribution in [3.63, 3.8) is 0 Å². The molecule has 1 aliphatic heterocycles. The van der Waals surface area contributed by atoms with E-state index in [2.05, 4.69) is 15.5 Å². The molecule has 1 aromatic carbocycles. The summed E-state index contributed by atoms with van der Waals surface area (Å²) < 4.78 is 7.52. The van der Waals surface area contributed by atoms with E-state index in [0.29, 0.717) is 22.6 Å². The number of cyclic esters (lactones) is 1. The largest absolute Gasteiger partial charge is 0.445 e. The van der Waals surface area contributed by atoms with Gasteiger partial charge in [-0.3, -0.25) is 9.89 Å². The number of nitrogens with zero attached hydrogens (tertiary/aromatic N) is 2. The standard InChI is InChI=1S/C15H16N4O3S/c1-15(7-9-5-3-4-6-10(9)12(20)22-15)13(21)16-8-11-17-18-14(23)19(11)2/h3-6H,7-8H2,1-2H3,(H,16,21)(H,18,23)/t15-/m1/s1. The average Bonchev–Trinajstić information content (AvgIpc) is 2.84. The number of amides is 1. The van der Waals surface area contributed by atoms with Crippen LogP contribution in [0.1, 0.15) is 28.7 Å². The Bertz CT molecular complexity index is 841. The highest BCUT2D eigenvalue weighted by atomic mass is 32.1. The fourth-order valence-electron chi connectivity index (χ4n) is 2.54. The van der Waals surface area contributed by atoms with Gasteiger partial charge in [-0.2, -0.15) is 5.10 Å². The highest BCUT2D eigenvalue weighted by Crippen LogP contribution is 2.28. The van der Waals surface area contributed by atoms with E-state index in [9.17, 15) is 9.59 Å². The van der Waals surface area contributed by atoms with Gasteiger partial charge in [-0.1, -0.05) is 18.2 Å². The molecule has 7 nitrogen and oxygen atoms in total. The van der Waals surface area contributed by atoms with Crippen molar-refractivity contribution < 1.29 is 14.3 Å². The van der Waals surface area contributed by atoms with Gasteiger partial charge in [0.25, 0.3) is 5.91 Å². The fraction of sp³-hybridized carbons (Fsp3) is 0.333. The number of ether oxygens (including phenoxy) is 1. The molecule has 23 heavy (non-hydrogen) atoms. The van der Waals surface area contributed by atoms with Gasteiger partial charge < -0.3 is 14.6 Å². The van der Waals surface area contributed by atoms with Crippen LogP contribution in [0.5, 0.6) is 0 Å². The minimum Gasteiger partial charge on any atom is -0.445 e. The SMILES string of the molecule is Cn1c(CNC(=O)[C@@]2(C)Cc3ccccc3C(=O)O2)n[nH]c1=S. The number of esters is 1. The first-order valence-electron chi connectivity index (χ1n) is 7.10. The third-order valence-electron chi connectivity index (χ3n) is 3.94. The van der Waals surface area contributed by atoms with Crippen LogP contribution >= 0.6 is 12.2 Å². The summed E-state index contributed by atoms with van der Waals surface area (Å²) in [5.74, 6) is -0.258. The Kier molecular flexibility index (Phi) is 3.77. The molecule has 2 aromatic rings. The Morgan fingerprint density at radius 1 is 1.52 bits per heavy atom. The van der Waals surface area contributed by atoms with Gasteiger partial charge >= 0.3 is 5.97 Å². The number of hydrogen-bond acceptors (Lipinski definition) is 5. The average molecular weight is 332 g/mol. The summed E-state index contributed by atoms with van der Waals surface area (Å²) >= 11 is 5.02. The van der Waals surface area contributed by atoms with Gasteiger partial charge in [0.1, 0.15) is 0 Å². The van der Waals surface area contributed by atoms with Gasteiger partial charge in [-0.05, 0) is 30.8 Å². The Hall–Kier alpha value is -2.48. The van der Waals surface area contributed by atoms with Crippen molar-refractivity contribution in [1.82, 2.24) is 20.1 Å². The number of carbonyl (C=O) groups excluding carboxylic acids is 2. The van der Waals surface area contributed by atoms with Crippen LogP contribution in [0.4, 0.5) is 0 Å². The van der Waals surface area contributed by atoms with E-state index < -0.39 is 11.6 Å². The van der Waals surface area contributed by atoms with Crippen molar-refractivity contribution in [1.29, 1.82) is 0 Å². The van der Waals surface area contributed by atoms with Crippen molar-refractivity contribution >= 4 is 24.1 Å². The molecule has 0 aliphatic carbocycles. The molecule has 0 fully saturated rings. The molecule has 0 radical (unpaired) electrons. The summed E-state index contributed by atoms with van der Waals surface area (Å²) in [6.45, 7) is 1.80.